The van der Waals surface area contributed by atoms with Crippen molar-refractivity contribution in [2.45, 2.75) is 20.0 Å². The zero-order chi connectivity index (χ0) is 15.2. The number of carbonyl (C=O) groups excluding carboxylic acids is 1. The molecule has 0 saturated heterocycles. The molecule has 0 aliphatic carbocycles. The summed E-state index contributed by atoms with van der Waals surface area (Å²) in [6.45, 7) is 5.95. The highest BCUT2D eigenvalue weighted by molar-refractivity contribution is 6.61. The summed E-state index contributed by atoms with van der Waals surface area (Å²) in [6.07, 6.45) is 0. The van der Waals surface area contributed by atoms with Gasteiger partial charge in [-0.15, -0.1) is 0 Å². The predicted octanol–water partition coefficient (Wildman–Crippen LogP) is 3.47. The molecule has 0 atom stereocenters. The highest BCUT2D eigenvalue weighted by Crippen LogP contribution is 2.17. The van der Waals surface area contributed by atoms with Crippen molar-refractivity contribution in [2.24, 2.45) is 5.10 Å². The lowest BCUT2D eigenvalue weighted by atomic mass is 10.1. The van der Waals surface area contributed by atoms with Crippen molar-refractivity contribution >= 4 is 26.1 Å². The van der Waals surface area contributed by atoms with Crippen LogP contribution in [0.5, 0.6) is 0 Å². The van der Waals surface area contributed by atoms with Crippen LogP contribution >= 0.6 is 0 Å². The normalized spacial score (nSPS) is 11.5. The number of carbonyl (C=O) groups is 1. The van der Waals surface area contributed by atoms with Crippen molar-refractivity contribution < 1.29 is 4.79 Å². The van der Waals surface area contributed by atoms with Crippen molar-refractivity contribution in [1.82, 2.24) is 0 Å². The second kappa shape index (κ2) is 6.99. The van der Waals surface area contributed by atoms with Gasteiger partial charge in [0.15, 0.2) is 14.7 Å². The van der Waals surface area contributed by atoms with E-state index >= 15 is 0 Å². The summed E-state index contributed by atoms with van der Waals surface area (Å²) in [6, 6.07) is 19.6. The fourth-order valence-corrected chi connectivity index (χ4v) is 3.20. The van der Waals surface area contributed by atoms with Crippen LogP contribution in [-0.2, 0) is 4.79 Å². The number of nitrogens with zero attached hydrogens (tertiary/aromatic N) is 2. The Morgan fingerprint density at radius 3 is 1.95 bits per heavy atom. The summed E-state index contributed by atoms with van der Waals surface area (Å²) in [4.78, 5) is 12.0. The van der Waals surface area contributed by atoms with Crippen molar-refractivity contribution in [3.8, 4) is 0 Å². The number of hydrazone groups is 1. The summed E-state index contributed by atoms with van der Waals surface area (Å²) in [7, 11) is -1.24. The van der Waals surface area contributed by atoms with Crippen LogP contribution in [0.25, 0.3) is 0 Å². The van der Waals surface area contributed by atoms with Crippen LogP contribution in [0.3, 0.4) is 0 Å². The van der Waals surface area contributed by atoms with Crippen LogP contribution in [0, 0.1) is 0 Å². The van der Waals surface area contributed by atoms with Crippen LogP contribution < -0.4 is 4.67 Å². The Kier molecular flexibility index (Phi) is 5.06. The molecule has 0 spiro atoms. The Morgan fingerprint density at radius 1 is 0.952 bits per heavy atom. The first-order valence-electron chi connectivity index (χ1n) is 7.09. The lowest BCUT2D eigenvalue weighted by Crippen LogP contribution is -2.32. The minimum absolute atomic E-state index is 0.0169. The molecule has 0 aliphatic heterocycles. The number of anilines is 1. The van der Waals surface area contributed by atoms with Crippen molar-refractivity contribution in [2.75, 3.05) is 4.67 Å². The third-order valence-electron chi connectivity index (χ3n) is 3.10. The Bertz CT molecular complexity index is 624. The summed E-state index contributed by atoms with van der Waals surface area (Å²) < 4.78 is 2.02. The van der Waals surface area contributed by atoms with Gasteiger partial charge in [0, 0.05) is 18.2 Å². The molecule has 0 aromatic heterocycles. The number of rotatable bonds is 5. The van der Waals surface area contributed by atoms with Gasteiger partial charge >= 0.3 is 0 Å². The molecular weight excluding hydrogens is 276 g/mol. The average molecular weight is 296 g/mol. The minimum atomic E-state index is -1.24. The molecule has 108 valence electrons. The molecule has 0 amide bonds. The van der Waals surface area contributed by atoms with Gasteiger partial charge < -0.3 is 0 Å². The SMILES string of the molecule is CC(=O)C(=NN(c1ccccc1)[SiH](C)C)c1ccccc1. The van der Waals surface area contributed by atoms with Crippen LogP contribution in [0.4, 0.5) is 5.69 Å². The van der Waals surface area contributed by atoms with E-state index < -0.39 is 8.96 Å². The van der Waals surface area contributed by atoms with Crippen molar-refractivity contribution in [1.29, 1.82) is 0 Å². The topological polar surface area (TPSA) is 32.7 Å². The summed E-state index contributed by atoms with van der Waals surface area (Å²) in [5.74, 6) is -0.0169. The maximum absolute atomic E-state index is 12.0. The lowest BCUT2D eigenvalue weighted by molar-refractivity contribution is -0.111. The second-order valence-electron chi connectivity index (χ2n) is 5.14. The quantitative estimate of drug-likeness (QED) is 0.481. The van der Waals surface area contributed by atoms with Gasteiger partial charge in [0.25, 0.3) is 0 Å². The number of ketones is 1. The Morgan fingerprint density at radius 2 is 1.48 bits per heavy atom. The highest BCUT2D eigenvalue weighted by atomic mass is 28.3. The summed E-state index contributed by atoms with van der Waals surface area (Å²) >= 11 is 0. The van der Waals surface area contributed by atoms with Gasteiger partial charge in [-0.05, 0) is 12.1 Å². The molecule has 0 aliphatic rings. The standard InChI is InChI=1S/C17H20N2OSi/c1-14(20)17(15-10-6-4-7-11-15)18-19(21(2)3)16-12-8-5-9-13-16/h4-13,21H,1-3H3. The van der Waals surface area contributed by atoms with E-state index in [4.69, 9.17) is 0 Å². The van der Waals surface area contributed by atoms with Gasteiger partial charge in [0.05, 0.1) is 0 Å². The molecule has 0 N–H and O–H groups in total. The van der Waals surface area contributed by atoms with Crippen molar-refractivity contribution in [3.05, 3.63) is 66.2 Å². The van der Waals surface area contributed by atoms with E-state index in [1.54, 1.807) is 6.92 Å². The molecule has 2 aromatic rings. The molecular formula is C17H20N2OSi. The average Bonchev–Trinajstić information content (AvgIpc) is 2.49. The molecule has 0 radical (unpaired) electrons. The first-order chi connectivity index (χ1) is 10.1. The first-order valence-corrected chi connectivity index (χ1v) is 9.91. The molecule has 0 unspecified atom stereocenters. The van der Waals surface area contributed by atoms with Gasteiger partial charge in [0.1, 0.15) is 5.71 Å². The molecule has 21 heavy (non-hydrogen) atoms. The molecule has 0 fully saturated rings. The van der Waals surface area contributed by atoms with Gasteiger partial charge in [-0.1, -0.05) is 61.6 Å². The van der Waals surface area contributed by atoms with Gasteiger partial charge in [-0.3, -0.25) is 9.47 Å². The first kappa shape index (κ1) is 15.2. The Hall–Kier alpha value is -2.20. The molecule has 2 aromatic carbocycles. The number of hydrogen-bond donors (Lipinski definition) is 0. The summed E-state index contributed by atoms with van der Waals surface area (Å²) in [5, 5.41) is 4.68. The smallest absolute Gasteiger partial charge is 0.180 e. The molecule has 4 heteroatoms. The third-order valence-corrected chi connectivity index (χ3v) is 4.49. The number of hydrogen-bond acceptors (Lipinski definition) is 3. The van der Waals surface area contributed by atoms with E-state index in [0.717, 1.165) is 11.3 Å². The third kappa shape index (κ3) is 3.89. The maximum Gasteiger partial charge on any atom is 0.180 e. The molecule has 0 bridgehead atoms. The maximum atomic E-state index is 12.0. The van der Waals surface area contributed by atoms with Gasteiger partial charge in [-0.2, -0.15) is 5.10 Å². The monoisotopic (exact) mass is 296 g/mol. The van der Waals surface area contributed by atoms with E-state index in [2.05, 4.69) is 18.2 Å². The van der Waals surface area contributed by atoms with E-state index in [0.29, 0.717) is 5.71 Å². The number of benzene rings is 2. The number of Topliss-reactive ketones (excluding diaryl/α,β-unsaturated/α-hetero) is 1. The van der Waals surface area contributed by atoms with E-state index in [-0.39, 0.29) is 5.78 Å². The molecule has 0 heterocycles. The van der Waals surface area contributed by atoms with Crippen LogP contribution in [0.15, 0.2) is 65.8 Å². The predicted molar refractivity (Wildman–Crippen MR) is 91.5 cm³/mol. The van der Waals surface area contributed by atoms with Crippen molar-refractivity contribution in [3.63, 3.8) is 0 Å². The van der Waals surface area contributed by atoms with Crippen LogP contribution in [0.1, 0.15) is 12.5 Å². The minimum Gasteiger partial charge on any atom is -0.298 e. The van der Waals surface area contributed by atoms with E-state index in [9.17, 15) is 4.79 Å². The Labute approximate surface area is 127 Å². The van der Waals surface area contributed by atoms with E-state index in [1.807, 2.05) is 65.3 Å². The fourth-order valence-electron chi connectivity index (χ4n) is 2.09. The largest absolute Gasteiger partial charge is 0.298 e. The molecule has 2 rings (SSSR count). The van der Waals surface area contributed by atoms with Gasteiger partial charge in [-0.25, -0.2) is 0 Å². The van der Waals surface area contributed by atoms with Gasteiger partial charge in [0.2, 0.25) is 0 Å². The Balaban J connectivity index is 2.46. The zero-order valence-electron chi connectivity index (χ0n) is 12.7. The second-order valence-corrected chi connectivity index (χ2v) is 7.82. The molecule has 3 nitrogen and oxygen atoms in total. The van der Waals surface area contributed by atoms with Crippen LogP contribution in [0.2, 0.25) is 13.1 Å². The lowest BCUT2D eigenvalue weighted by Gasteiger charge is -2.24. The van der Waals surface area contributed by atoms with Crippen LogP contribution in [-0.4, -0.2) is 20.5 Å². The number of para-hydroxylation sites is 1. The highest BCUT2D eigenvalue weighted by Gasteiger charge is 2.15. The summed E-state index contributed by atoms with van der Waals surface area (Å²) in [5.41, 5.74) is 2.41. The van der Waals surface area contributed by atoms with E-state index in [1.165, 1.54) is 0 Å². The zero-order valence-corrected chi connectivity index (χ0v) is 13.8. The fraction of sp³-hybridized carbons (Fsp3) is 0.176. The molecule has 0 saturated carbocycles.